The predicted molar refractivity (Wildman–Crippen MR) is 91.8 cm³/mol. The first-order chi connectivity index (χ1) is 12.5. The first-order valence-electron chi connectivity index (χ1n) is 8.90. The van der Waals surface area contributed by atoms with Gasteiger partial charge in [0.25, 0.3) is 5.91 Å². The highest BCUT2D eigenvalue weighted by atomic mass is 32.2. The summed E-state index contributed by atoms with van der Waals surface area (Å²) < 4.78 is 67.7. The number of nitrogens with zero attached hydrogens (tertiary/aromatic N) is 2. The van der Waals surface area contributed by atoms with E-state index < -0.39 is 44.3 Å². The first-order valence-corrected chi connectivity index (χ1v) is 10.8. The van der Waals surface area contributed by atoms with Crippen molar-refractivity contribution in [2.75, 3.05) is 32.4 Å². The Morgan fingerprint density at radius 3 is 2.48 bits per heavy atom. The standard InChI is InChI=1S/C18H21F3N2O3S/c1-27(25,26)15-6-13(4-5-14(15)19)7-22-9-17(20)10-23(8-12-2-3-12)16(24)18(17,21)11-22/h4-6,12H,2-3,7-11H2,1H3/t17-,18+/m1/s1. The van der Waals surface area contributed by atoms with Gasteiger partial charge in [0.15, 0.2) is 15.5 Å². The van der Waals surface area contributed by atoms with Crippen LogP contribution in [0.1, 0.15) is 18.4 Å². The van der Waals surface area contributed by atoms with Crippen LogP contribution in [-0.4, -0.2) is 67.9 Å². The van der Waals surface area contributed by atoms with Gasteiger partial charge in [0.05, 0.1) is 6.54 Å². The molecular formula is C18H21F3N2O3S. The summed E-state index contributed by atoms with van der Waals surface area (Å²) in [7, 11) is -3.75. The third-order valence-electron chi connectivity index (χ3n) is 5.67. The van der Waals surface area contributed by atoms with Crippen LogP contribution in [0, 0.1) is 11.7 Å². The van der Waals surface area contributed by atoms with Crippen molar-refractivity contribution in [2.45, 2.75) is 35.6 Å². The normalized spacial score (nSPS) is 31.6. The van der Waals surface area contributed by atoms with Crippen LogP contribution in [0.25, 0.3) is 0 Å². The summed E-state index contributed by atoms with van der Waals surface area (Å²) in [6, 6.07) is 3.59. The minimum atomic E-state index is -3.75. The zero-order chi connectivity index (χ0) is 19.6. The van der Waals surface area contributed by atoms with E-state index in [1.54, 1.807) is 0 Å². The lowest BCUT2D eigenvalue weighted by Gasteiger charge is -2.22. The number of carbonyl (C=O) groups excluding carboxylic acids is 1. The van der Waals surface area contributed by atoms with Crippen molar-refractivity contribution in [3.63, 3.8) is 0 Å². The number of alkyl halides is 2. The van der Waals surface area contributed by atoms with E-state index in [0.29, 0.717) is 18.0 Å². The van der Waals surface area contributed by atoms with Gasteiger partial charge in [-0.1, -0.05) is 6.07 Å². The van der Waals surface area contributed by atoms with Crippen molar-refractivity contribution in [2.24, 2.45) is 5.92 Å². The average molecular weight is 402 g/mol. The summed E-state index contributed by atoms with van der Waals surface area (Å²) in [5, 5.41) is 0. The molecule has 2 aliphatic heterocycles. The van der Waals surface area contributed by atoms with Crippen LogP contribution in [0.15, 0.2) is 23.1 Å². The maximum atomic E-state index is 15.3. The highest BCUT2D eigenvalue weighted by Gasteiger charge is 2.71. The van der Waals surface area contributed by atoms with E-state index >= 15 is 8.78 Å². The minimum Gasteiger partial charge on any atom is -0.336 e. The van der Waals surface area contributed by atoms with Crippen LogP contribution in [0.3, 0.4) is 0 Å². The summed E-state index contributed by atoms with van der Waals surface area (Å²) in [4.78, 5) is 14.8. The van der Waals surface area contributed by atoms with Crippen molar-refractivity contribution in [1.82, 2.24) is 9.80 Å². The molecule has 1 saturated carbocycles. The van der Waals surface area contributed by atoms with Gasteiger partial charge in [0.1, 0.15) is 10.7 Å². The lowest BCUT2D eigenvalue weighted by Crippen LogP contribution is -2.47. The van der Waals surface area contributed by atoms with Gasteiger partial charge in [0, 0.05) is 32.4 Å². The van der Waals surface area contributed by atoms with Gasteiger partial charge < -0.3 is 4.90 Å². The Bertz CT molecular complexity index is 905. The van der Waals surface area contributed by atoms with Crippen LogP contribution >= 0.6 is 0 Å². The van der Waals surface area contributed by atoms with Crippen molar-refractivity contribution in [1.29, 1.82) is 0 Å². The Hall–Kier alpha value is -1.61. The number of carbonyl (C=O) groups is 1. The smallest absolute Gasteiger partial charge is 0.265 e. The first kappa shape index (κ1) is 18.7. The number of fused-ring (bicyclic) bond motifs is 1. The van der Waals surface area contributed by atoms with Crippen LogP contribution in [0.5, 0.6) is 0 Å². The molecule has 1 aromatic carbocycles. The lowest BCUT2D eigenvalue weighted by molar-refractivity contribution is -0.139. The number of sulfone groups is 1. The van der Waals surface area contributed by atoms with Gasteiger partial charge in [-0.2, -0.15) is 0 Å². The average Bonchev–Trinajstić information content (AvgIpc) is 3.30. The van der Waals surface area contributed by atoms with Crippen molar-refractivity contribution in [3.05, 3.63) is 29.6 Å². The number of amides is 1. The molecule has 1 aliphatic carbocycles. The molecule has 0 radical (unpaired) electrons. The van der Waals surface area contributed by atoms with E-state index in [9.17, 15) is 17.6 Å². The predicted octanol–water partition coefficient (Wildman–Crippen LogP) is 1.71. The van der Waals surface area contributed by atoms with Crippen molar-refractivity contribution in [3.8, 4) is 0 Å². The number of likely N-dealkylation sites (tertiary alicyclic amines) is 2. The molecule has 9 heteroatoms. The number of halogens is 3. The Labute approximate surface area is 156 Å². The number of hydrogen-bond acceptors (Lipinski definition) is 4. The van der Waals surface area contributed by atoms with Crippen molar-refractivity contribution < 1.29 is 26.4 Å². The monoisotopic (exact) mass is 402 g/mol. The third kappa shape index (κ3) is 3.14. The number of rotatable bonds is 5. The maximum absolute atomic E-state index is 15.3. The third-order valence-corrected chi connectivity index (χ3v) is 6.78. The molecule has 27 heavy (non-hydrogen) atoms. The molecule has 4 rings (SSSR count). The SMILES string of the molecule is CS(=O)(=O)c1cc(CN2C[C@@]3(F)CN(CC4CC4)C(=O)[C@@]3(F)C2)ccc1F. The molecule has 0 spiro atoms. The highest BCUT2D eigenvalue weighted by molar-refractivity contribution is 7.90. The highest BCUT2D eigenvalue weighted by Crippen LogP contribution is 2.47. The molecule has 5 nitrogen and oxygen atoms in total. The number of hydrogen-bond donors (Lipinski definition) is 0. The molecule has 2 atom stereocenters. The van der Waals surface area contributed by atoms with E-state index in [-0.39, 0.29) is 19.6 Å². The van der Waals surface area contributed by atoms with Gasteiger partial charge in [-0.3, -0.25) is 9.69 Å². The van der Waals surface area contributed by atoms with Crippen LogP contribution in [0.2, 0.25) is 0 Å². The van der Waals surface area contributed by atoms with Gasteiger partial charge >= 0.3 is 0 Å². The molecule has 148 valence electrons. The zero-order valence-corrected chi connectivity index (χ0v) is 15.7. The second-order valence-corrected chi connectivity index (χ2v) is 10.1. The Kier molecular flexibility index (Phi) is 4.12. The fourth-order valence-corrected chi connectivity index (χ4v) is 4.89. The van der Waals surface area contributed by atoms with Gasteiger partial charge in [-0.05, 0) is 36.5 Å². The summed E-state index contributed by atoms with van der Waals surface area (Å²) in [6.07, 6.45) is 2.87. The Morgan fingerprint density at radius 1 is 1.19 bits per heavy atom. The van der Waals surface area contributed by atoms with E-state index in [4.69, 9.17) is 0 Å². The van der Waals surface area contributed by atoms with Crippen LogP contribution in [0.4, 0.5) is 13.2 Å². The van der Waals surface area contributed by atoms with Crippen LogP contribution < -0.4 is 0 Å². The van der Waals surface area contributed by atoms with Crippen LogP contribution in [-0.2, 0) is 21.2 Å². The van der Waals surface area contributed by atoms with E-state index in [0.717, 1.165) is 25.2 Å². The summed E-state index contributed by atoms with van der Waals surface area (Å²) in [6.45, 7) is -0.466. The van der Waals surface area contributed by atoms with Gasteiger partial charge in [0.2, 0.25) is 5.67 Å². The largest absolute Gasteiger partial charge is 0.336 e. The lowest BCUT2D eigenvalue weighted by atomic mass is 9.93. The Morgan fingerprint density at radius 2 is 1.89 bits per heavy atom. The number of benzene rings is 1. The van der Waals surface area contributed by atoms with E-state index in [1.165, 1.54) is 21.9 Å². The topological polar surface area (TPSA) is 57.7 Å². The molecular weight excluding hydrogens is 381 g/mol. The van der Waals surface area contributed by atoms with E-state index in [1.807, 2.05) is 0 Å². The maximum Gasteiger partial charge on any atom is 0.265 e. The minimum absolute atomic E-state index is 0.0377. The molecule has 0 unspecified atom stereocenters. The molecule has 0 aromatic heterocycles. The van der Waals surface area contributed by atoms with Gasteiger partial charge in [-0.15, -0.1) is 0 Å². The second-order valence-electron chi connectivity index (χ2n) is 8.08. The van der Waals surface area contributed by atoms with E-state index in [2.05, 4.69) is 0 Å². The molecule has 0 bridgehead atoms. The molecule has 3 aliphatic rings. The molecule has 2 saturated heterocycles. The molecule has 1 amide bonds. The molecule has 1 aromatic rings. The molecule has 2 heterocycles. The quantitative estimate of drug-likeness (QED) is 0.753. The summed E-state index contributed by atoms with van der Waals surface area (Å²) >= 11 is 0. The summed E-state index contributed by atoms with van der Waals surface area (Å²) in [5.74, 6) is -1.31. The van der Waals surface area contributed by atoms with Gasteiger partial charge in [-0.25, -0.2) is 21.6 Å². The Balaban J connectivity index is 1.51. The molecule has 0 N–H and O–H groups in total. The zero-order valence-electron chi connectivity index (χ0n) is 14.9. The summed E-state index contributed by atoms with van der Waals surface area (Å²) in [5.41, 5.74) is -4.44. The second kappa shape index (κ2) is 5.94. The fraction of sp³-hybridized carbons (Fsp3) is 0.611. The fourth-order valence-electron chi connectivity index (χ4n) is 4.10. The van der Waals surface area contributed by atoms with Crippen molar-refractivity contribution >= 4 is 15.7 Å². The molecule has 3 fully saturated rings.